The molecule has 0 amide bonds. The third-order valence-electron chi connectivity index (χ3n) is 3.30. The molecular weight excluding hydrogens is 214 g/mol. The molecule has 0 saturated heterocycles. The standard InChI is InChI=1S/C13H19N3O/c1-8(2)9(3)16-12-5-4-10(14)6-11(12)15-13(16)7-17/h4-6,8-9,17H,7,14H2,1-3H3. The normalized spacial score (nSPS) is 13.5. The molecule has 0 bridgehead atoms. The van der Waals surface area contributed by atoms with Crippen LogP contribution in [-0.2, 0) is 6.61 Å². The second-order valence-electron chi connectivity index (χ2n) is 4.79. The van der Waals surface area contributed by atoms with Gasteiger partial charge in [-0.1, -0.05) is 13.8 Å². The topological polar surface area (TPSA) is 64.1 Å². The Kier molecular flexibility index (Phi) is 3.07. The van der Waals surface area contributed by atoms with E-state index >= 15 is 0 Å². The monoisotopic (exact) mass is 233 g/mol. The zero-order valence-corrected chi connectivity index (χ0v) is 10.5. The fourth-order valence-corrected chi connectivity index (χ4v) is 2.03. The summed E-state index contributed by atoms with van der Waals surface area (Å²) >= 11 is 0. The van der Waals surface area contributed by atoms with E-state index in [1.165, 1.54) is 0 Å². The summed E-state index contributed by atoms with van der Waals surface area (Å²) in [6.45, 7) is 6.41. The lowest BCUT2D eigenvalue weighted by molar-refractivity contribution is 0.257. The van der Waals surface area contributed by atoms with Crippen LogP contribution in [-0.4, -0.2) is 14.7 Å². The maximum absolute atomic E-state index is 9.40. The molecule has 92 valence electrons. The van der Waals surface area contributed by atoms with Gasteiger partial charge in [-0.15, -0.1) is 0 Å². The number of aliphatic hydroxyl groups excluding tert-OH is 1. The van der Waals surface area contributed by atoms with Gasteiger partial charge in [-0.05, 0) is 31.0 Å². The first-order chi connectivity index (χ1) is 8.04. The predicted octanol–water partition coefficient (Wildman–Crippen LogP) is 2.33. The molecule has 2 aromatic rings. The third-order valence-corrected chi connectivity index (χ3v) is 3.30. The molecule has 0 fully saturated rings. The van der Waals surface area contributed by atoms with Gasteiger partial charge in [0.15, 0.2) is 0 Å². The quantitative estimate of drug-likeness (QED) is 0.800. The van der Waals surface area contributed by atoms with Crippen LogP contribution < -0.4 is 5.73 Å². The Morgan fingerprint density at radius 1 is 1.35 bits per heavy atom. The number of anilines is 1. The van der Waals surface area contributed by atoms with E-state index in [1.807, 2.05) is 18.2 Å². The first-order valence-electron chi connectivity index (χ1n) is 5.91. The summed E-state index contributed by atoms with van der Waals surface area (Å²) in [6.07, 6.45) is 0. The van der Waals surface area contributed by atoms with Crippen LogP contribution in [0.2, 0.25) is 0 Å². The maximum atomic E-state index is 9.40. The van der Waals surface area contributed by atoms with Crippen LogP contribution in [0, 0.1) is 5.92 Å². The molecule has 0 aliphatic carbocycles. The van der Waals surface area contributed by atoms with Crippen molar-refractivity contribution >= 4 is 16.7 Å². The second kappa shape index (κ2) is 4.37. The van der Waals surface area contributed by atoms with E-state index in [4.69, 9.17) is 5.73 Å². The Balaban J connectivity index is 2.66. The molecule has 0 saturated carbocycles. The summed E-state index contributed by atoms with van der Waals surface area (Å²) in [5.41, 5.74) is 8.33. The lowest BCUT2D eigenvalue weighted by Crippen LogP contribution is -2.14. The van der Waals surface area contributed by atoms with Crippen molar-refractivity contribution < 1.29 is 5.11 Å². The minimum Gasteiger partial charge on any atom is -0.399 e. The molecule has 17 heavy (non-hydrogen) atoms. The molecule has 1 aromatic carbocycles. The third kappa shape index (κ3) is 2.00. The number of imidazole rings is 1. The van der Waals surface area contributed by atoms with Crippen molar-refractivity contribution in [3.05, 3.63) is 24.0 Å². The van der Waals surface area contributed by atoms with E-state index < -0.39 is 0 Å². The van der Waals surface area contributed by atoms with E-state index in [9.17, 15) is 5.11 Å². The van der Waals surface area contributed by atoms with Gasteiger partial charge in [0.05, 0.1) is 11.0 Å². The van der Waals surface area contributed by atoms with Gasteiger partial charge in [-0.2, -0.15) is 0 Å². The van der Waals surface area contributed by atoms with Gasteiger partial charge in [0, 0.05) is 11.7 Å². The molecule has 1 heterocycles. The van der Waals surface area contributed by atoms with Gasteiger partial charge < -0.3 is 15.4 Å². The predicted molar refractivity (Wildman–Crippen MR) is 69.6 cm³/mol. The Labute approximate surface area is 101 Å². The summed E-state index contributed by atoms with van der Waals surface area (Å²) in [5.74, 6) is 1.18. The van der Waals surface area contributed by atoms with Crippen LogP contribution in [0.4, 0.5) is 5.69 Å². The minimum atomic E-state index is -0.0500. The number of rotatable bonds is 3. The number of nitrogens with two attached hydrogens (primary N) is 1. The van der Waals surface area contributed by atoms with Crippen molar-refractivity contribution in [1.29, 1.82) is 0 Å². The Hall–Kier alpha value is -1.55. The van der Waals surface area contributed by atoms with Gasteiger partial charge in [0.25, 0.3) is 0 Å². The summed E-state index contributed by atoms with van der Waals surface area (Å²) in [7, 11) is 0. The van der Waals surface area contributed by atoms with Crippen LogP contribution in [0.3, 0.4) is 0 Å². The Morgan fingerprint density at radius 2 is 2.06 bits per heavy atom. The van der Waals surface area contributed by atoms with E-state index in [2.05, 4.69) is 30.3 Å². The number of fused-ring (bicyclic) bond motifs is 1. The van der Waals surface area contributed by atoms with Crippen molar-refractivity contribution in [3.63, 3.8) is 0 Å². The molecule has 0 radical (unpaired) electrons. The van der Waals surface area contributed by atoms with Crippen LogP contribution in [0.5, 0.6) is 0 Å². The molecule has 0 aliphatic rings. The highest BCUT2D eigenvalue weighted by atomic mass is 16.3. The first kappa shape index (κ1) is 11.9. The van der Waals surface area contributed by atoms with E-state index in [0.717, 1.165) is 11.0 Å². The fourth-order valence-electron chi connectivity index (χ4n) is 2.03. The summed E-state index contributed by atoms with van der Waals surface area (Å²) in [5, 5.41) is 9.40. The average molecular weight is 233 g/mol. The maximum Gasteiger partial charge on any atom is 0.135 e. The number of nitrogen functional groups attached to an aromatic ring is 1. The van der Waals surface area contributed by atoms with Crippen molar-refractivity contribution in [2.75, 3.05) is 5.73 Å². The van der Waals surface area contributed by atoms with Gasteiger partial charge in [-0.25, -0.2) is 4.98 Å². The Bertz CT molecular complexity index is 531. The summed E-state index contributed by atoms with van der Waals surface area (Å²) in [4.78, 5) is 4.43. The molecule has 0 spiro atoms. The number of hydrogen-bond acceptors (Lipinski definition) is 3. The van der Waals surface area contributed by atoms with E-state index in [-0.39, 0.29) is 6.61 Å². The molecule has 3 N–H and O–H groups in total. The van der Waals surface area contributed by atoms with Gasteiger partial charge >= 0.3 is 0 Å². The van der Waals surface area contributed by atoms with Crippen LogP contribution in [0.1, 0.15) is 32.6 Å². The minimum absolute atomic E-state index is 0.0500. The van der Waals surface area contributed by atoms with Gasteiger partial charge in [-0.3, -0.25) is 0 Å². The smallest absolute Gasteiger partial charge is 0.135 e. The Morgan fingerprint density at radius 3 is 2.65 bits per heavy atom. The highest BCUT2D eigenvalue weighted by Crippen LogP contribution is 2.26. The molecule has 1 atom stereocenters. The molecule has 4 heteroatoms. The van der Waals surface area contributed by atoms with E-state index in [0.29, 0.717) is 23.5 Å². The molecule has 2 rings (SSSR count). The van der Waals surface area contributed by atoms with Gasteiger partial charge in [0.1, 0.15) is 12.4 Å². The van der Waals surface area contributed by atoms with Crippen LogP contribution in [0.15, 0.2) is 18.2 Å². The zero-order valence-electron chi connectivity index (χ0n) is 10.5. The lowest BCUT2D eigenvalue weighted by Gasteiger charge is -2.20. The van der Waals surface area contributed by atoms with Crippen molar-refractivity contribution in [2.24, 2.45) is 5.92 Å². The zero-order chi connectivity index (χ0) is 12.6. The molecule has 4 nitrogen and oxygen atoms in total. The van der Waals surface area contributed by atoms with Crippen molar-refractivity contribution in [1.82, 2.24) is 9.55 Å². The van der Waals surface area contributed by atoms with E-state index in [1.54, 1.807) is 0 Å². The molecule has 0 aliphatic heterocycles. The SMILES string of the molecule is CC(C)C(C)n1c(CO)nc2cc(N)ccc21. The number of nitrogens with zero attached hydrogens (tertiary/aromatic N) is 2. The lowest BCUT2D eigenvalue weighted by atomic mass is 10.1. The van der Waals surface area contributed by atoms with Crippen molar-refractivity contribution in [3.8, 4) is 0 Å². The summed E-state index contributed by atoms with van der Waals surface area (Å²) in [6, 6.07) is 5.98. The molecule has 1 aromatic heterocycles. The second-order valence-corrected chi connectivity index (χ2v) is 4.79. The van der Waals surface area contributed by atoms with Gasteiger partial charge in [0.2, 0.25) is 0 Å². The number of benzene rings is 1. The van der Waals surface area contributed by atoms with Crippen molar-refractivity contribution in [2.45, 2.75) is 33.4 Å². The molecular formula is C13H19N3O. The first-order valence-corrected chi connectivity index (χ1v) is 5.91. The molecule has 1 unspecified atom stereocenters. The van der Waals surface area contributed by atoms with Crippen LogP contribution >= 0.6 is 0 Å². The largest absolute Gasteiger partial charge is 0.399 e. The number of aromatic nitrogens is 2. The number of aliphatic hydroxyl groups is 1. The summed E-state index contributed by atoms with van der Waals surface area (Å²) < 4.78 is 2.10. The average Bonchev–Trinajstić information content (AvgIpc) is 2.65. The number of hydrogen-bond donors (Lipinski definition) is 2. The fraction of sp³-hybridized carbons (Fsp3) is 0.462. The van der Waals surface area contributed by atoms with Crippen LogP contribution in [0.25, 0.3) is 11.0 Å². The highest BCUT2D eigenvalue weighted by Gasteiger charge is 2.17. The highest BCUT2D eigenvalue weighted by molar-refractivity contribution is 5.79.